The highest BCUT2D eigenvalue weighted by atomic mass is 16.5. The number of ether oxygens (including phenoxy) is 1. The molecule has 0 fully saturated rings. The quantitative estimate of drug-likeness (QED) is 0.798. The lowest BCUT2D eigenvalue weighted by atomic mass is 10.3. The van der Waals surface area contributed by atoms with Gasteiger partial charge in [-0.25, -0.2) is 9.59 Å². The SMILES string of the molecule is CCOC(=O)Nc1ccccc1.O=C(O)Nc1ccccc1. The van der Waals surface area contributed by atoms with E-state index in [1.807, 2.05) is 24.3 Å². The molecule has 3 N–H and O–H groups in total. The second-order valence-electron chi connectivity index (χ2n) is 4.01. The number of para-hydroxylation sites is 2. The van der Waals surface area contributed by atoms with Gasteiger partial charge in [0.25, 0.3) is 0 Å². The van der Waals surface area contributed by atoms with Gasteiger partial charge in [-0.15, -0.1) is 0 Å². The van der Waals surface area contributed by atoms with Gasteiger partial charge < -0.3 is 9.84 Å². The predicted molar refractivity (Wildman–Crippen MR) is 85.2 cm³/mol. The maximum Gasteiger partial charge on any atom is 0.411 e. The Bertz CT molecular complexity index is 573. The van der Waals surface area contributed by atoms with Crippen LogP contribution in [0.2, 0.25) is 0 Å². The highest BCUT2D eigenvalue weighted by Gasteiger charge is 1.98. The molecule has 0 atom stereocenters. The maximum absolute atomic E-state index is 10.9. The van der Waals surface area contributed by atoms with Crippen LogP contribution in [-0.4, -0.2) is 23.9 Å². The molecule has 0 spiro atoms. The number of carbonyl (C=O) groups is 2. The van der Waals surface area contributed by atoms with E-state index in [2.05, 4.69) is 10.6 Å². The molecule has 0 aliphatic carbocycles. The summed E-state index contributed by atoms with van der Waals surface area (Å²) in [4.78, 5) is 20.9. The van der Waals surface area contributed by atoms with Crippen molar-refractivity contribution >= 4 is 23.6 Å². The van der Waals surface area contributed by atoms with Crippen molar-refractivity contribution in [1.82, 2.24) is 0 Å². The predicted octanol–water partition coefficient (Wildman–Crippen LogP) is 4.03. The van der Waals surface area contributed by atoms with E-state index in [0.717, 1.165) is 5.69 Å². The van der Waals surface area contributed by atoms with E-state index in [1.165, 1.54) is 0 Å². The summed E-state index contributed by atoms with van der Waals surface area (Å²) in [5.74, 6) is 0. The number of amides is 2. The summed E-state index contributed by atoms with van der Waals surface area (Å²) in [5, 5.41) is 13.1. The van der Waals surface area contributed by atoms with E-state index in [4.69, 9.17) is 9.84 Å². The number of hydrogen-bond donors (Lipinski definition) is 3. The summed E-state index contributed by atoms with van der Waals surface area (Å²) in [7, 11) is 0. The molecule has 0 bridgehead atoms. The fourth-order valence-electron chi connectivity index (χ4n) is 1.45. The average molecular weight is 302 g/mol. The first kappa shape index (κ1) is 17.0. The molecule has 0 saturated carbocycles. The molecule has 6 heteroatoms. The molecule has 0 radical (unpaired) electrons. The summed E-state index contributed by atoms with van der Waals surface area (Å²) >= 11 is 0. The molecule has 0 aliphatic rings. The molecule has 6 nitrogen and oxygen atoms in total. The molecule has 0 unspecified atom stereocenters. The van der Waals surface area contributed by atoms with Crippen molar-refractivity contribution in [2.45, 2.75) is 6.92 Å². The van der Waals surface area contributed by atoms with Crippen LogP contribution in [0.15, 0.2) is 60.7 Å². The molecule has 116 valence electrons. The molecule has 2 rings (SSSR count). The summed E-state index contributed by atoms with van der Waals surface area (Å²) in [6.07, 6.45) is -1.45. The summed E-state index contributed by atoms with van der Waals surface area (Å²) in [5.41, 5.74) is 1.34. The summed E-state index contributed by atoms with van der Waals surface area (Å²) < 4.78 is 4.70. The molecule has 2 aromatic rings. The second-order valence-corrected chi connectivity index (χ2v) is 4.01. The number of nitrogens with one attached hydrogen (secondary N) is 2. The zero-order valence-corrected chi connectivity index (χ0v) is 12.2. The molecule has 0 saturated heterocycles. The smallest absolute Gasteiger partial charge is 0.411 e. The molecule has 2 aromatic carbocycles. The number of anilines is 2. The number of hydrogen-bond acceptors (Lipinski definition) is 3. The Balaban J connectivity index is 0.000000224. The van der Waals surface area contributed by atoms with Crippen molar-refractivity contribution in [3.63, 3.8) is 0 Å². The van der Waals surface area contributed by atoms with E-state index in [0.29, 0.717) is 12.3 Å². The lowest BCUT2D eigenvalue weighted by Gasteiger charge is -2.03. The van der Waals surface area contributed by atoms with Crippen molar-refractivity contribution in [1.29, 1.82) is 0 Å². The Morgan fingerprint density at radius 1 is 0.909 bits per heavy atom. The van der Waals surface area contributed by atoms with Gasteiger partial charge in [-0.2, -0.15) is 0 Å². The lowest BCUT2D eigenvalue weighted by molar-refractivity contribution is 0.168. The van der Waals surface area contributed by atoms with Crippen LogP contribution >= 0.6 is 0 Å². The Kier molecular flexibility index (Phi) is 7.60. The monoisotopic (exact) mass is 302 g/mol. The first-order valence-electron chi connectivity index (χ1n) is 6.65. The van der Waals surface area contributed by atoms with Crippen LogP contribution in [0.4, 0.5) is 21.0 Å². The zero-order valence-electron chi connectivity index (χ0n) is 12.2. The van der Waals surface area contributed by atoms with E-state index >= 15 is 0 Å². The largest absolute Gasteiger partial charge is 0.465 e. The third-order valence-corrected chi connectivity index (χ3v) is 2.32. The van der Waals surface area contributed by atoms with Crippen LogP contribution in [-0.2, 0) is 4.74 Å². The zero-order chi connectivity index (χ0) is 16.2. The van der Waals surface area contributed by atoms with Gasteiger partial charge in [0.05, 0.1) is 6.61 Å². The fourth-order valence-corrected chi connectivity index (χ4v) is 1.45. The van der Waals surface area contributed by atoms with Crippen LogP contribution < -0.4 is 10.6 Å². The number of benzene rings is 2. The normalized spacial score (nSPS) is 8.95. The van der Waals surface area contributed by atoms with Crippen LogP contribution in [0, 0.1) is 0 Å². The summed E-state index contributed by atoms with van der Waals surface area (Å²) in [6, 6.07) is 17.9. The third kappa shape index (κ3) is 7.54. The van der Waals surface area contributed by atoms with Crippen LogP contribution in [0.5, 0.6) is 0 Å². The average Bonchev–Trinajstić information content (AvgIpc) is 2.49. The molecule has 0 aliphatic heterocycles. The maximum atomic E-state index is 10.9. The minimum Gasteiger partial charge on any atom is -0.465 e. The Morgan fingerprint density at radius 2 is 1.36 bits per heavy atom. The Labute approximate surface area is 128 Å². The molecule has 0 aromatic heterocycles. The van der Waals surface area contributed by atoms with Crippen LogP contribution in [0.1, 0.15) is 6.92 Å². The van der Waals surface area contributed by atoms with Gasteiger partial charge in [-0.05, 0) is 31.2 Å². The lowest BCUT2D eigenvalue weighted by Crippen LogP contribution is -2.12. The van der Waals surface area contributed by atoms with E-state index < -0.39 is 12.2 Å². The van der Waals surface area contributed by atoms with E-state index in [-0.39, 0.29) is 0 Å². The van der Waals surface area contributed by atoms with Gasteiger partial charge >= 0.3 is 12.2 Å². The second kappa shape index (κ2) is 9.82. The number of carboxylic acid groups (broad SMARTS) is 1. The van der Waals surface area contributed by atoms with Gasteiger partial charge in [0.2, 0.25) is 0 Å². The Hall–Kier alpha value is -3.02. The van der Waals surface area contributed by atoms with Crippen molar-refractivity contribution in [3.05, 3.63) is 60.7 Å². The van der Waals surface area contributed by atoms with Crippen molar-refractivity contribution in [2.24, 2.45) is 0 Å². The highest BCUT2D eigenvalue weighted by molar-refractivity contribution is 5.84. The Morgan fingerprint density at radius 3 is 1.77 bits per heavy atom. The molecule has 0 heterocycles. The minimum atomic E-state index is -1.04. The molecule has 2 amide bonds. The molecule has 22 heavy (non-hydrogen) atoms. The van der Waals surface area contributed by atoms with Crippen molar-refractivity contribution < 1.29 is 19.4 Å². The van der Waals surface area contributed by atoms with E-state index in [1.54, 1.807) is 43.3 Å². The molecular formula is C16H18N2O4. The van der Waals surface area contributed by atoms with Gasteiger partial charge in [0.15, 0.2) is 0 Å². The van der Waals surface area contributed by atoms with Gasteiger partial charge in [-0.1, -0.05) is 36.4 Å². The van der Waals surface area contributed by atoms with Crippen LogP contribution in [0.25, 0.3) is 0 Å². The highest BCUT2D eigenvalue weighted by Crippen LogP contribution is 2.05. The van der Waals surface area contributed by atoms with Crippen molar-refractivity contribution in [2.75, 3.05) is 17.2 Å². The number of rotatable bonds is 3. The first-order valence-corrected chi connectivity index (χ1v) is 6.65. The first-order chi connectivity index (χ1) is 10.6. The van der Waals surface area contributed by atoms with Crippen molar-refractivity contribution in [3.8, 4) is 0 Å². The van der Waals surface area contributed by atoms with Gasteiger partial charge in [-0.3, -0.25) is 10.6 Å². The minimum absolute atomic E-state index is 0.388. The fraction of sp³-hybridized carbons (Fsp3) is 0.125. The van der Waals surface area contributed by atoms with Gasteiger partial charge in [0, 0.05) is 11.4 Å². The van der Waals surface area contributed by atoms with Gasteiger partial charge in [0.1, 0.15) is 0 Å². The third-order valence-electron chi connectivity index (χ3n) is 2.32. The van der Waals surface area contributed by atoms with E-state index in [9.17, 15) is 9.59 Å². The standard InChI is InChI=1S/C9H11NO2.C7H7NO2/c1-2-12-9(11)10-8-6-4-3-5-7-8;9-7(10)8-6-4-2-1-3-5-6/h3-7H,2H2,1H3,(H,10,11);1-5,8H,(H,9,10). The molecular weight excluding hydrogens is 284 g/mol. The van der Waals surface area contributed by atoms with Crippen LogP contribution in [0.3, 0.4) is 0 Å². The number of carbonyl (C=O) groups excluding carboxylic acids is 1. The summed E-state index contributed by atoms with van der Waals surface area (Å²) in [6.45, 7) is 2.16. The topological polar surface area (TPSA) is 87.7 Å².